The van der Waals surface area contributed by atoms with E-state index in [9.17, 15) is 0 Å². The van der Waals surface area contributed by atoms with Crippen molar-refractivity contribution in [3.05, 3.63) is 0 Å². The second-order valence-electron chi connectivity index (χ2n) is 7.12. The number of hydrogen-bond acceptors (Lipinski definition) is 2. The summed E-state index contributed by atoms with van der Waals surface area (Å²) in [5, 5.41) is 7.16. The summed E-state index contributed by atoms with van der Waals surface area (Å²) >= 11 is 0. The lowest BCUT2D eigenvalue weighted by Gasteiger charge is -2.28. The molecule has 1 saturated carbocycles. The standard InChI is InChI=1S/C17H34N4/c1-14(2)13-21-11-7-10-16(21)12-19-17(18-3)20-15-8-5-4-6-9-15/h14-16H,4-13H2,1-3H3,(H2,18,19,20)/t16-/m1/s1. The topological polar surface area (TPSA) is 39.7 Å². The van der Waals surface area contributed by atoms with Gasteiger partial charge in [-0.3, -0.25) is 9.89 Å². The average Bonchev–Trinajstić information content (AvgIpc) is 2.91. The first-order valence-electron chi connectivity index (χ1n) is 8.90. The molecule has 0 aromatic heterocycles. The Morgan fingerprint density at radius 2 is 1.90 bits per heavy atom. The second kappa shape index (κ2) is 8.62. The molecule has 4 nitrogen and oxygen atoms in total. The first kappa shape index (κ1) is 16.6. The van der Waals surface area contributed by atoms with E-state index in [1.165, 1.54) is 58.0 Å². The van der Waals surface area contributed by atoms with Crippen LogP contribution in [0.15, 0.2) is 4.99 Å². The minimum Gasteiger partial charge on any atom is -0.355 e. The summed E-state index contributed by atoms with van der Waals surface area (Å²) in [5.74, 6) is 1.75. The van der Waals surface area contributed by atoms with E-state index in [4.69, 9.17) is 0 Å². The molecule has 2 aliphatic rings. The quantitative estimate of drug-likeness (QED) is 0.605. The second-order valence-corrected chi connectivity index (χ2v) is 7.12. The van der Waals surface area contributed by atoms with Crippen molar-refractivity contribution in [1.29, 1.82) is 0 Å². The number of hydrogen-bond donors (Lipinski definition) is 2. The third-order valence-electron chi connectivity index (χ3n) is 4.77. The van der Waals surface area contributed by atoms with Crippen LogP contribution in [0.5, 0.6) is 0 Å². The van der Waals surface area contributed by atoms with Gasteiger partial charge in [-0.25, -0.2) is 0 Å². The summed E-state index contributed by atoms with van der Waals surface area (Å²) in [6, 6.07) is 1.30. The molecule has 0 amide bonds. The molecule has 1 aliphatic carbocycles. The minimum atomic E-state index is 0.625. The summed E-state index contributed by atoms with van der Waals surface area (Å²) in [5.41, 5.74) is 0. The highest BCUT2D eigenvalue weighted by Crippen LogP contribution is 2.19. The maximum absolute atomic E-state index is 4.40. The van der Waals surface area contributed by atoms with E-state index in [2.05, 4.69) is 34.4 Å². The molecule has 2 rings (SSSR count). The normalized spacial score (nSPS) is 25.5. The highest BCUT2D eigenvalue weighted by molar-refractivity contribution is 5.80. The van der Waals surface area contributed by atoms with Gasteiger partial charge in [-0.2, -0.15) is 0 Å². The molecule has 122 valence electrons. The van der Waals surface area contributed by atoms with Crippen LogP contribution >= 0.6 is 0 Å². The Balaban J connectivity index is 1.74. The molecular weight excluding hydrogens is 260 g/mol. The van der Waals surface area contributed by atoms with E-state index in [0.717, 1.165) is 18.4 Å². The van der Waals surface area contributed by atoms with Gasteiger partial charge in [0.25, 0.3) is 0 Å². The molecule has 0 aromatic carbocycles. The zero-order valence-corrected chi connectivity index (χ0v) is 14.2. The molecule has 4 heteroatoms. The van der Waals surface area contributed by atoms with Gasteiger partial charge in [0.05, 0.1) is 0 Å². The van der Waals surface area contributed by atoms with Crippen molar-refractivity contribution in [3.8, 4) is 0 Å². The molecule has 2 N–H and O–H groups in total. The molecular formula is C17H34N4. The third kappa shape index (κ3) is 5.50. The van der Waals surface area contributed by atoms with Gasteiger partial charge in [-0.15, -0.1) is 0 Å². The van der Waals surface area contributed by atoms with Crippen LogP contribution in [-0.2, 0) is 0 Å². The van der Waals surface area contributed by atoms with Gasteiger partial charge in [-0.1, -0.05) is 33.1 Å². The lowest BCUT2D eigenvalue weighted by molar-refractivity contribution is 0.226. The number of guanidine groups is 1. The van der Waals surface area contributed by atoms with Gasteiger partial charge in [0, 0.05) is 32.2 Å². The van der Waals surface area contributed by atoms with Crippen molar-refractivity contribution in [2.75, 3.05) is 26.7 Å². The highest BCUT2D eigenvalue weighted by Gasteiger charge is 2.25. The lowest BCUT2D eigenvalue weighted by atomic mass is 9.96. The summed E-state index contributed by atoms with van der Waals surface area (Å²) in [7, 11) is 1.89. The molecule has 1 aliphatic heterocycles. The van der Waals surface area contributed by atoms with Crippen LogP contribution in [0.3, 0.4) is 0 Å². The van der Waals surface area contributed by atoms with E-state index in [1.807, 2.05) is 7.05 Å². The van der Waals surface area contributed by atoms with Gasteiger partial charge < -0.3 is 10.6 Å². The van der Waals surface area contributed by atoms with Gasteiger partial charge >= 0.3 is 0 Å². The molecule has 0 aromatic rings. The monoisotopic (exact) mass is 294 g/mol. The highest BCUT2D eigenvalue weighted by atomic mass is 15.2. The molecule has 0 spiro atoms. The molecule has 1 atom stereocenters. The van der Waals surface area contributed by atoms with Crippen LogP contribution in [0.4, 0.5) is 0 Å². The fraction of sp³-hybridized carbons (Fsp3) is 0.941. The van der Waals surface area contributed by atoms with Crippen molar-refractivity contribution in [3.63, 3.8) is 0 Å². The number of likely N-dealkylation sites (tertiary alicyclic amines) is 1. The van der Waals surface area contributed by atoms with E-state index in [-0.39, 0.29) is 0 Å². The van der Waals surface area contributed by atoms with E-state index >= 15 is 0 Å². The van der Waals surface area contributed by atoms with Gasteiger partial charge in [0.2, 0.25) is 0 Å². The van der Waals surface area contributed by atoms with E-state index in [0.29, 0.717) is 12.1 Å². The van der Waals surface area contributed by atoms with Crippen LogP contribution in [0.25, 0.3) is 0 Å². The van der Waals surface area contributed by atoms with Crippen LogP contribution in [0.2, 0.25) is 0 Å². The first-order valence-corrected chi connectivity index (χ1v) is 8.90. The maximum Gasteiger partial charge on any atom is 0.191 e. The number of aliphatic imine (C=N–C) groups is 1. The van der Waals surface area contributed by atoms with Crippen LogP contribution < -0.4 is 10.6 Å². The molecule has 1 saturated heterocycles. The van der Waals surface area contributed by atoms with Crippen molar-refractivity contribution >= 4 is 5.96 Å². The number of nitrogens with zero attached hydrogens (tertiary/aromatic N) is 2. The number of nitrogens with one attached hydrogen (secondary N) is 2. The fourth-order valence-electron chi connectivity index (χ4n) is 3.69. The predicted molar refractivity (Wildman–Crippen MR) is 90.8 cm³/mol. The first-order chi connectivity index (χ1) is 10.2. The van der Waals surface area contributed by atoms with Crippen LogP contribution in [0.1, 0.15) is 58.8 Å². The summed E-state index contributed by atoms with van der Waals surface area (Å²) in [6.45, 7) is 8.14. The Kier molecular flexibility index (Phi) is 6.81. The molecule has 2 fully saturated rings. The molecule has 0 bridgehead atoms. The van der Waals surface area contributed by atoms with Gasteiger partial charge in [0.1, 0.15) is 0 Å². The zero-order valence-electron chi connectivity index (χ0n) is 14.2. The maximum atomic E-state index is 4.40. The Labute approximate surface area is 130 Å². The largest absolute Gasteiger partial charge is 0.355 e. The smallest absolute Gasteiger partial charge is 0.191 e. The van der Waals surface area contributed by atoms with Crippen LogP contribution in [-0.4, -0.2) is 49.6 Å². The zero-order chi connectivity index (χ0) is 15.1. The minimum absolute atomic E-state index is 0.625. The number of rotatable bonds is 5. The fourth-order valence-corrected chi connectivity index (χ4v) is 3.69. The third-order valence-corrected chi connectivity index (χ3v) is 4.77. The molecule has 1 heterocycles. The Morgan fingerprint density at radius 1 is 1.14 bits per heavy atom. The van der Waals surface area contributed by atoms with Crippen molar-refractivity contribution in [2.45, 2.75) is 70.9 Å². The molecule has 21 heavy (non-hydrogen) atoms. The lowest BCUT2D eigenvalue weighted by Crippen LogP contribution is -2.48. The summed E-state index contributed by atoms with van der Waals surface area (Å²) in [4.78, 5) is 7.05. The Morgan fingerprint density at radius 3 is 2.57 bits per heavy atom. The Hall–Kier alpha value is -0.770. The average molecular weight is 294 g/mol. The van der Waals surface area contributed by atoms with Crippen molar-refractivity contribution in [1.82, 2.24) is 15.5 Å². The van der Waals surface area contributed by atoms with Crippen LogP contribution in [0, 0.1) is 5.92 Å². The molecule has 0 radical (unpaired) electrons. The Bertz CT molecular complexity index is 321. The van der Waals surface area contributed by atoms with Crippen molar-refractivity contribution < 1.29 is 0 Å². The van der Waals surface area contributed by atoms with Crippen molar-refractivity contribution in [2.24, 2.45) is 10.9 Å². The predicted octanol–water partition coefficient (Wildman–Crippen LogP) is 2.60. The van der Waals surface area contributed by atoms with Gasteiger partial charge in [0.15, 0.2) is 5.96 Å². The van der Waals surface area contributed by atoms with E-state index < -0.39 is 0 Å². The van der Waals surface area contributed by atoms with Gasteiger partial charge in [-0.05, 0) is 38.1 Å². The van der Waals surface area contributed by atoms with E-state index in [1.54, 1.807) is 0 Å². The summed E-state index contributed by atoms with van der Waals surface area (Å²) < 4.78 is 0. The molecule has 0 unspecified atom stereocenters. The summed E-state index contributed by atoms with van der Waals surface area (Å²) in [6.07, 6.45) is 9.37. The SMILES string of the molecule is CN=C(NC[C@H]1CCCN1CC(C)C)NC1CCCCC1.